The Hall–Kier alpha value is -3.42. The summed E-state index contributed by atoms with van der Waals surface area (Å²) in [6.07, 6.45) is 2.27. The lowest BCUT2D eigenvalue weighted by molar-refractivity contribution is -0.385. The van der Waals surface area contributed by atoms with E-state index in [0.717, 1.165) is 17.5 Å². The molecule has 2 aromatic carbocycles. The lowest BCUT2D eigenvalue weighted by Gasteiger charge is -2.05. The largest absolute Gasteiger partial charge is 0.487 e. The molecular weight excluding hydrogens is 322 g/mol. The Morgan fingerprint density at radius 1 is 1.36 bits per heavy atom. The minimum atomic E-state index is -0.463. The average Bonchev–Trinajstić information content (AvgIpc) is 3.03. The maximum absolute atomic E-state index is 11.2. The van der Waals surface area contributed by atoms with Gasteiger partial charge >= 0.3 is 5.69 Å². The second-order valence-electron chi connectivity index (χ2n) is 5.31. The molecule has 0 fully saturated rings. The van der Waals surface area contributed by atoms with Gasteiger partial charge in [-0.25, -0.2) is 10.4 Å². The van der Waals surface area contributed by atoms with Gasteiger partial charge in [-0.3, -0.25) is 10.1 Å². The number of rotatable bonds is 7. The van der Waals surface area contributed by atoms with Crippen LogP contribution >= 0.6 is 0 Å². The molecule has 0 aliphatic carbocycles. The molecule has 0 bridgehead atoms. The number of H-pyrrole nitrogens is 1. The summed E-state index contributed by atoms with van der Waals surface area (Å²) in [5, 5.41) is 15.2. The number of nitro benzene ring substituents is 1. The van der Waals surface area contributed by atoms with Crippen LogP contribution in [0.4, 0.5) is 11.6 Å². The summed E-state index contributed by atoms with van der Waals surface area (Å²) in [7, 11) is 0. The topological polar surface area (TPSA) is 105 Å². The highest BCUT2D eigenvalue weighted by Crippen LogP contribution is 2.27. The Bertz CT molecular complexity index is 887. The van der Waals surface area contributed by atoms with Crippen molar-refractivity contribution in [3.05, 3.63) is 58.1 Å². The molecule has 0 unspecified atom stereocenters. The van der Waals surface area contributed by atoms with Gasteiger partial charge < -0.3 is 9.72 Å². The highest BCUT2D eigenvalue weighted by Gasteiger charge is 2.15. The van der Waals surface area contributed by atoms with E-state index < -0.39 is 4.92 Å². The van der Waals surface area contributed by atoms with Gasteiger partial charge in [0.25, 0.3) is 0 Å². The molecule has 8 nitrogen and oxygen atoms in total. The van der Waals surface area contributed by atoms with Crippen molar-refractivity contribution in [1.82, 2.24) is 9.97 Å². The third kappa shape index (κ3) is 3.92. The van der Waals surface area contributed by atoms with Gasteiger partial charge in [0.2, 0.25) is 5.95 Å². The van der Waals surface area contributed by atoms with E-state index in [-0.39, 0.29) is 11.4 Å². The number of fused-ring (bicyclic) bond motifs is 1. The van der Waals surface area contributed by atoms with Crippen LogP contribution in [0.15, 0.2) is 47.6 Å². The van der Waals surface area contributed by atoms with E-state index in [1.807, 2.05) is 31.2 Å². The summed E-state index contributed by atoms with van der Waals surface area (Å²) in [4.78, 5) is 18.1. The van der Waals surface area contributed by atoms with Gasteiger partial charge in [-0.05, 0) is 30.7 Å². The number of anilines is 1. The predicted molar refractivity (Wildman–Crippen MR) is 96.2 cm³/mol. The Kier molecular flexibility index (Phi) is 4.89. The van der Waals surface area contributed by atoms with Crippen molar-refractivity contribution in [3.63, 3.8) is 0 Å². The minimum Gasteiger partial charge on any atom is -0.487 e. The highest BCUT2D eigenvalue weighted by atomic mass is 16.6. The van der Waals surface area contributed by atoms with E-state index in [0.29, 0.717) is 18.1 Å². The molecule has 1 aromatic heterocycles. The molecular formula is C17H17N5O3. The third-order valence-electron chi connectivity index (χ3n) is 3.41. The van der Waals surface area contributed by atoms with Crippen LogP contribution in [-0.2, 0) is 0 Å². The molecule has 0 atom stereocenters. The van der Waals surface area contributed by atoms with Gasteiger partial charge in [0.1, 0.15) is 0 Å². The Morgan fingerprint density at radius 3 is 2.96 bits per heavy atom. The number of nitro groups is 1. The second-order valence-corrected chi connectivity index (χ2v) is 5.31. The Morgan fingerprint density at radius 2 is 2.20 bits per heavy atom. The van der Waals surface area contributed by atoms with Crippen molar-refractivity contribution in [2.24, 2.45) is 5.10 Å². The standard InChI is InChI=1S/C17H17N5O3/c1-2-9-25-16-8-7-12(10-15(16)22(23)24)11-18-21-17-19-13-5-3-4-6-14(13)20-17/h3-8,10-11H,2,9H2,1H3,(H2,19,20,21)/b18-11-. The monoisotopic (exact) mass is 339 g/mol. The van der Waals surface area contributed by atoms with Crippen LogP contribution < -0.4 is 10.2 Å². The number of benzene rings is 2. The highest BCUT2D eigenvalue weighted by molar-refractivity contribution is 5.82. The van der Waals surface area contributed by atoms with E-state index in [4.69, 9.17) is 4.74 Å². The third-order valence-corrected chi connectivity index (χ3v) is 3.41. The lowest BCUT2D eigenvalue weighted by atomic mass is 10.2. The minimum absolute atomic E-state index is 0.0823. The van der Waals surface area contributed by atoms with Crippen LogP contribution in [-0.4, -0.2) is 27.7 Å². The van der Waals surface area contributed by atoms with Gasteiger partial charge in [0.15, 0.2) is 5.75 Å². The van der Waals surface area contributed by atoms with Crippen molar-refractivity contribution in [1.29, 1.82) is 0 Å². The number of hydrogen-bond donors (Lipinski definition) is 2. The Balaban J connectivity index is 1.74. The summed E-state index contributed by atoms with van der Waals surface area (Å²) < 4.78 is 5.39. The predicted octanol–water partition coefficient (Wildman–Crippen LogP) is 3.71. The number of hydrogen-bond acceptors (Lipinski definition) is 6. The zero-order valence-electron chi connectivity index (χ0n) is 13.6. The van der Waals surface area contributed by atoms with Crippen LogP contribution in [0.2, 0.25) is 0 Å². The van der Waals surface area contributed by atoms with Crippen molar-refractivity contribution in [2.45, 2.75) is 13.3 Å². The van der Waals surface area contributed by atoms with Crippen LogP contribution in [0, 0.1) is 10.1 Å². The molecule has 0 radical (unpaired) electrons. The van der Waals surface area contributed by atoms with Crippen molar-refractivity contribution in [3.8, 4) is 5.75 Å². The number of ether oxygens (including phenoxy) is 1. The molecule has 8 heteroatoms. The summed E-state index contributed by atoms with van der Waals surface area (Å²) in [5.41, 5.74) is 5.01. The van der Waals surface area contributed by atoms with Gasteiger partial charge in [-0.1, -0.05) is 19.1 Å². The normalized spacial score (nSPS) is 11.1. The molecule has 2 N–H and O–H groups in total. The first-order valence-electron chi connectivity index (χ1n) is 7.82. The fraction of sp³-hybridized carbons (Fsp3) is 0.176. The number of para-hydroxylation sites is 2. The van der Waals surface area contributed by atoms with E-state index in [1.54, 1.807) is 12.1 Å². The van der Waals surface area contributed by atoms with Crippen LogP contribution in [0.5, 0.6) is 5.75 Å². The number of imidazole rings is 1. The van der Waals surface area contributed by atoms with E-state index in [9.17, 15) is 10.1 Å². The first kappa shape index (κ1) is 16.4. The zero-order chi connectivity index (χ0) is 17.6. The molecule has 128 valence electrons. The summed E-state index contributed by atoms with van der Waals surface area (Å²) in [5.74, 6) is 0.754. The lowest BCUT2D eigenvalue weighted by Crippen LogP contribution is -2.00. The molecule has 0 saturated carbocycles. The molecule has 25 heavy (non-hydrogen) atoms. The summed E-state index contributed by atoms with van der Waals surface area (Å²) >= 11 is 0. The van der Waals surface area contributed by atoms with Crippen molar-refractivity contribution >= 4 is 28.9 Å². The molecule has 1 heterocycles. The van der Waals surface area contributed by atoms with Gasteiger partial charge in [-0.15, -0.1) is 0 Å². The second kappa shape index (κ2) is 7.43. The molecule has 0 spiro atoms. The van der Waals surface area contributed by atoms with Gasteiger partial charge in [0, 0.05) is 11.6 Å². The quantitative estimate of drug-likeness (QED) is 0.388. The van der Waals surface area contributed by atoms with E-state index >= 15 is 0 Å². The van der Waals surface area contributed by atoms with Gasteiger partial charge in [0.05, 0.1) is 28.8 Å². The molecule has 0 saturated heterocycles. The first-order chi connectivity index (χ1) is 12.2. The SMILES string of the molecule is CCCOc1ccc(/C=N\Nc2nc3ccccc3[nH]2)cc1[N+](=O)[O-]. The van der Waals surface area contributed by atoms with Crippen LogP contribution in [0.3, 0.4) is 0 Å². The number of aromatic amines is 1. The molecule has 0 aliphatic heterocycles. The number of hydrazone groups is 1. The average molecular weight is 339 g/mol. The fourth-order valence-electron chi connectivity index (χ4n) is 2.27. The summed E-state index contributed by atoms with van der Waals surface area (Å²) in [6, 6.07) is 12.3. The first-order valence-corrected chi connectivity index (χ1v) is 7.82. The molecule has 0 amide bonds. The molecule has 0 aliphatic rings. The number of aromatic nitrogens is 2. The molecule has 3 rings (SSSR count). The fourth-order valence-corrected chi connectivity index (χ4v) is 2.27. The molecule has 3 aromatic rings. The maximum atomic E-state index is 11.2. The maximum Gasteiger partial charge on any atom is 0.311 e. The van der Waals surface area contributed by atoms with Crippen molar-refractivity contribution < 1.29 is 9.66 Å². The smallest absolute Gasteiger partial charge is 0.311 e. The van der Waals surface area contributed by atoms with Crippen molar-refractivity contribution in [2.75, 3.05) is 12.0 Å². The Labute approximate surface area is 143 Å². The van der Waals surface area contributed by atoms with E-state index in [2.05, 4.69) is 20.5 Å². The van der Waals surface area contributed by atoms with Crippen LogP contribution in [0.1, 0.15) is 18.9 Å². The summed E-state index contributed by atoms with van der Waals surface area (Å²) in [6.45, 7) is 2.37. The van der Waals surface area contributed by atoms with E-state index in [1.165, 1.54) is 12.3 Å². The number of nitrogens with one attached hydrogen (secondary N) is 2. The number of nitrogens with zero attached hydrogens (tertiary/aromatic N) is 3. The van der Waals surface area contributed by atoms with Gasteiger partial charge in [-0.2, -0.15) is 5.10 Å². The van der Waals surface area contributed by atoms with Crippen LogP contribution in [0.25, 0.3) is 11.0 Å². The zero-order valence-corrected chi connectivity index (χ0v) is 13.6.